The van der Waals surface area contributed by atoms with Crippen LogP contribution in [0.4, 0.5) is 18.9 Å². The van der Waals surface area contributed by atoms with E-state index in [1.807, 2.05) is 0 Å². The molecule has 1 aromatic carbocycles. The van der Waals surface area contributed by atoms with Gasteiger partial charge in [0, 0.05) is 18.3 Å². The molecule has 1 N–H and O–H groups in total. The van der Waals surface area contributed by atoms with Gasteiger partial charge in [-0.3, -0.25) is 0 Å². The second kappa shape index (κ2) is 6.87. The highest BCUT2D eigenvalue weighted by atomic mass is 79.9. The summed E-state index contributed by atoms with van der Waals surface area (Å²) in [6.45, 7) is 2.78. The minimum absolute atomic E-state index is 0.243. The summed E-state index contributed by atoms with van der Waals surface area (Å²) in [5, 5.41) is 3.33. The molecule has 0 radical (unpaired) electrons. The monoisotopic (exact) mass is 367 g/mol. The Morgan fingerprint density at radius 2 is 2.19 bits per heavy atom. The molecule has 118 valence electrons. The Kier molecular flexibility index (Phi) is 5.37. The lowest BCUT2D eigenvalue weighted by atomic mass is 10.0. The molecule has 0 aromatic heterocycles. The topological polar surface area (TPSA) is 30.5 Å². The zero-order valence-electron chi connectivity index (χ0n) is 11.5. The van der Waals surface area contributed by atoms with Gasteiger partial charge in [0.15, 0.2) is 0 Å². The van der Waals surface area contributed by atoms with Crippen LogP contribution in [-0.4, -0.2) is 25.1 Å². The van der Waals surface area contributed by atoms with E-state index in [9.17, 15) is 13.2 Å². The fraction of sp³-hybridized carbons (Fsp3) is 0.571. The zero-order chi connectivity index (χ0) is 15.5. The summed E-state index contributed by atoms with van der Waals surface area (Å²) < 4.78 is 46.4. The van der Waals surface area contributed by atoms with Crippen LogP contribution in [0.25, 0.3) is 0 Å². The molecule has 0 saturated carbocycles. The molecule has 0 amide bonds. The number of hydrogen-bond acceptors (Lipinski definition) is 3. The van der Waals surface area contributed by atoms with Crippen LogP contribution >= 0.6 is 15.9 Å². The van der Waals surface area contributed by atoms with Crippen LogP contribution in [0, 0.1) is 0 Å². The van der Waals surface area contributed by atoms with Crippen molar-refractivity contribution in [2.45, 2.75) is 44.7 Å². The second-order valence-corrected chi connectivity index (χ2v) is 5.81. The van der Waals surface area contributed by atoms with Crippen molar-refractivity contribution in [2.75, 3.05) is 11.9 Å². The Bertz CT molecular complexity index is 482. The molecule has 1 saturated heterocycles. The average Bonchev–Trinajstić information content (AvgIpc) is 2.41. The number of ether oxygens (including phenoxy) is 2. The Balaban J connectivity index is 2.00. The van der Waals surface area contributed by atoms with Crippen LogP contribution in [0.3, 0.4) is 0 Å². The van der Waals surface area contributed by atoms with E-state index >= 15 is 0 Å². The third kappa shape index (κ3) is 5.07. The summed E-state index contributed by atoms with van der Waals surface area (Å²) in [6.07, 6.45) is -1.70. The third-order valence-corrected chi connectivity index (χ3v) is 3.97. The first kappa shape index (κ1) is 16.4. The number of benzene rings is 1. The zero-order valence-corrected chi connectivity index (χ0v) is 13.1. The van der Waals surface area contributed by atoms with Gasteiger partial charge in [0.1, 0.15) is 5.75 Å². The fourth-order valence-corrected chi connectivity index (χ4v) is 2.79. The molecular weight excluding hydrogens is 351 g/mol. The van der Waals surface area contributed by atoms with Crippen molar-refractivity contribution in [2.24, 2.45) is 0 Å². The van der Waals surface area contributed by atoms with Gasteiger partial charge in [-0.1, -0.05) is 6.92 Å². The standard InChI is InChI=1S/C14H17BrF3NO2/c1-2-11-7-10(5-6-20-11)19-9-3-4-13(12(15)8-9)21-14(16,17)18/h3-4,8,10-11,19H,2,5-7H2,1H3. The van der Waals surface area contributed by atoms with E-state index in [1.165, 1.54) is 6.07 Å². The van der Waals surface area contributed by atoms with Gasteiger partial charge in [0.05, 0.1) is 10.6 Å². The smallest absolute Gasteiger partial charge is 0.405 e. The fourth-order valence-electron chi connectivity index (χ4n) is 2.33. The number of alkyl halides is 3. The maximum Gasteiger partial charge on any atom is 0.573 e. The maximum absolute atomic E-state index is 12.2. The number of nitrogens with one attached hydrogen (secondary N) is 1. The number of hydrogen-bond donors (Lipinski definition) is 1. The van der Waals surface area contributed by atoms with Gasteiger partial charge in [-0.05, 0) is 53.4 Å². The van der Waals surface area contributed by atoms with Crippen LogP contribution in [0.5, 0.6) is 5.75 Å². The Morgan fingerprint density at radius 1 is 1.43 bits per heavy atom. The van der Waals surface area contributed by atoms with Crippen molar-refractivity contribution >= 4 is 21.6 Å². The van der Waals surface area contributed by atoms with Crippen LogP contribution in [0.1, 0.15) is 26.2 Å². The molecule has 2 atom stereocenters. The van der Waals surface area contributed by atoms with E-state index in [2.05, 4.69) is 32.9 Å². The summed E-state index contributed by atoms with van der Waals surface area (Å²) in [5.41, 5.74) is 0.762. The molecule has 0 spiro atoms. The minimum Gasteiger partial charge on any atom is -0.405 e. The van der Waals surface area contributed by atoms with Gasteiger partial charge < -0.3 is 14.8 Å². The Labute approximate surface area is 129 Å². The minimum atomic E-state index is -4.69. The molecular formula is C14H17BrF3NO2. The van der Waals surface area contributed by atoms with Crippen molar-refractivity contribution < 1.29 is 22.6 Å². The molecule has 0 aliphatic carbocycles. The first-order valence-corrected chi connectivity index (χ1v) is 7.60. The van der Waals surface area contributed by atoms with E-state index < -0.39 is 6.36 Å². The van der Waals surface area contributed by atoms with E-state index in [4.69, 9.17) is 4.74 Å². The van der Waals surface area contributed by atoms with E-state index in [1.54, 1.807) is 12.1 Å². The van der Waals surface area contributed by atoms with E-state index in [-0.39, 0.29) is 22.4 Å². The summed E-state index contributed by atoms with van der Waals surface area (Å²) >= 11 is 3.10. The molecule has 1 aliphatic rings. The van der Waals surface area contributed by atoms with Gasteiger partial charge in [-0.2, -0.15) is 0 Å². The van der Waals surface area contributed by atoms with Crippen molar-refractivity contribution in [1.82, 2.24) is 0 Å². The number of anilines is 1. The molecule has 1 heterocycles. The normalized spacial score (nSPS) is 22.9. The van der Waals surface area contributed by atoms with Crippen LogP contribution in [0.2, 0.25) is 0 Å². The lowest BCUT2D eigenvalue weighted by Gasteiger charge is -2.30. The lowest BCUT2D eigenvalue weighted by molar-refractivity contribution is -0.274. The van der Waals surface area contributed by atoms with Crippen molar-refractivity contribution in [3.05, 3.63) is 22.7 Å². The largest absolute Gasteiger partial charge is 0.573 e. The first-order chi connectivity index (χ1) is 9.87. The maximum atomic E-state index is 12.2. The van der Waals surface area contributed by atoms with Gasteiger partial charge in [-0.15, -0.1) is 13.2 Å². The molecule has 0 bridgehead atoms. The molecule has 1 fully saturated rings. The summed E-state index contributed by atoms with van der Waals surface area (Å²) in [6, 6.07) is 4.75. The first-order valence-electron chi connectivity index (χ1n) is 6.81. The highest BCUT2D eigenvalue weighted by Gasteiger charge is 2.32. The predicted octanol–water partition coefficient (Wildman–Crippen LogP) is 4.72. The molecule has 21 heavy (non-hydrogen) atoms. The van der Waals surface area contributed by atoms with Crippen LogP contribution in [-0.2, 0) is 4.74 Å². The highest BCUT2D eigenvalue weighted by molar-refractivity contribution is 9.10. The Morgan fingerprint density at radius 3 is 2.81 bits per heavy atom. The van der Waals surface area contributed by atoms with Crippen LogP contribution in [0.15, 0.2) is 22.7 Å². The SMILES string of the molecule is CCC1CC(Nc2ccc(OC(F)(F)F)c(Br)c2)CCO1. The van der Waals surface area contributed by atoms with Crippen molar-refractivity contribution in [3.8, 4) is 5.75 Å². The summed E-state index contributed by atoms with van der Waals surface area (Å²) in [7, 11) is 0. The molecule has 1 aliphatic heterocycles. The van der Waals surface area contributed by atoms with E-state index in [0.29, 0.717) is 6.61 Å². The number of rotatable bonds is 4. The Hall–Kier alpha value is -0.950. The quantitative estimate of drug-likeness (QED) is 0.835. The summed E-state index contributed by atoms with van der Waals surface area (Å²) in [4.78, 5) is 0. The van der Waals surface area contributed by atoms with Gasteiger partial charge in [-0.25, -0.2) is 0 Å². The highest BCUT2D eigenvalue weighted by Crippen LogP contribution is 2.33. The van der Waals surface area contributed by atoms with E-state index in [0.717, 1.165) is 24.9 Å². The average molecular weight is 368 g/mol. The predicted molar refractivity (Wildman–Crippen MR) is 77.5 cm³/mol. The molecule has 1 aromatic rings. The van der Waals surface area contributed by atoms with Gasteiger partial charge in [0.2, 0.25) is 0 Å². The van der Waals surface area contributed by atoms with Crippen molar-refractivity contribution in [3.63, 3.8) is 0 Å². The third-order valence-electron chi connectivity index (χ3n) is 3.35. The van der Waals surface area contributed by atoms with Gasteiger partial charge in [0.25, 0.3) is 0 Å². The molecule has 3 nitrogen and oxygen atoms in total. The molecule has 2 unspecified atom stereocenters. The summed E-state index contributed by atoms with van der Waals surface area (Å²) in [5.74, 6) is -0.244. The van der Waals surface area contributed by atoms with Crippen molar-refractivity contribution in [1.29, 1.82) is 0 Å². The van der Waals surface area contributed by atoms with Gasteiger partial charge >= 0.3 is 6.36 Å². The number of halogens is 4. The second-order valence-electron chi connectivity index (χ2n) is 4.96. The van der Waals surface area contributed by atoms with Crippen LogP contribution < -0.4 is 10.1 Å². The molecule has 2 rings (SSSR count). The molecule has 7 heteroatoms. The lowest BCUT2D eigenvalue weighted by Crippen LogP contribution is -2.33.